The van der Waals surface area contributed by atoms with Crippen LogP contribution in [-0.2, 0) is 11.3 Å². The summed E-state index contributed by atoms with van der Waals surface area (Å²) in [5.41, 5.74) is 10.9. The Kier molecular flexibility index (Phi) is 8.70. The summed E-state index contributed by atoms with van der Waals surface area (Å²) in [5.74, 6) is -0.121. The summed E-state index contributed by atoms with van der Waals surface area (Å²) in [7, 11) is 1.78. The minimum Gasteiger partial charge on any atom is -0.390 e. The third-order valence-corrected chi connectivity index (χ3v) is 4.55. The topological polar surface area (TPSA) is 90.6 Å². The van der Waals surface area contributed by atoms with E-state index in [4.69, 9.17) is 5.73 Å². The van der Waals surface area contributed by atoms with Crippen molar-refractivity contribution in [1.82, 2.24) is 15.8 Å². The highest BCUT2D eigenvalue weighted by Crippen LogP contribution is 2.19. The summed E-state index contributed by atoms with van der Waals surface area (Å²) < 4.78 is 0. The summed E-state index contributed by atoms with van der Waals surface area (Å²) in [6, 6.07) is 7.46. The zero-order valence-corrected chi connectivity index (χ0v) is 17.0. The largest absolute Gasteiger partial charge is 0.390 e. The number of carbonyl (C=O) groups excluding carboxylic acids is 1. The molecular weight excluding hydrogens is 328 g/mol. The maximum absolute atomic E-state index is 12.8. The normalized spacial score (nSPS) is 15.6. The molecule has 26 heavy (non-hydrogen) atoms. The lowest BCUT2D eigenvalue weighted by Gasteiger charge is -2.33. The fourth-order valence-electron chi connectivity index (χ4n) is 2.87. The van der Waals surface area contributed by atoms with Crippen LogP contribution < -0.4 is 16.5 Å². The second-order valence-electron chi connectivity index (χ2n) is 8.07. The molecule has 3 unspecified atom stereocenters. The van der Waals surface area contributed by atoms with E-state index < -0.39 is 6.10 Å². The van der Waals surface area contributed by atoms with E-state index in [9.17, 15) is 9.90 Å². The van der Waals surface area contributed by atoms with Gasteiger partial charge in [0.15, 0.2) is 0 Å². The van der Waals surface area contributed by atoms with Crippen molar-refractivity contribution < 1.29 is 9.90 Å². The van der Waals surface area contributed by atoms with E-state index in [1.54, 1.807) is 12.1 Å². The van der Waals surface area contributed by atoms with Crippen LogP contribution in [0, 0.1) is 12.3 Å². The zero-order chi connectivity index (χ0) is 19.9. The van der Waals surface area contributed by atoms with Gasteiger partial charge in [0.25, 0.3) is 5.91 Å². The number of aryl methyl sites for hydroxylation is 1. The Hall–Kier alpha value is -1.47. The van der Waals surface area contributed by atoms with Crippen LogP contribution in [0.3, 0.4) is 0 Å². The van der Waals surface area contributed by atoms with Crippen LogP contribution in [0.5, 0.6) is 0 Å². The van der Waals surface area contributed by atoms with Crippen molar-refractivity contribution in [3.63, 3.8) is 0 Å². The highest BCUT2D eigenvalue weighted by Gasteiger charge is 2.31. The van der Waals surface area contributed by atoms with Crippen molar-refractivity contribution in [2.24, 2.45) is 11.1 Å². The Labute approximate surface area is 158 Å². The van der Waals surface area contributed by atoms with E-state index >= 15 is 0 Å². The summed E-state index contributed by atoms with van der Waals surface area (Å²) in [6.07, 6.45) is -0.0392. The number of nitrogens with two attached hydrogens (primary N) is 1. The van der Waals surface area contributed by atoms with E-state index in [0.717, 1.165) is 5.56 Å². The van der Waals surface area contributed by atoms with Gasteiger partial charge in [0.2, 0.25) is 0 Å². The number of nitrogens with one attached hydrogen (secondary N) is 2. The molecule has 1 rings (SSSR count). The maximum Gasteiger partial charge on any atom is 0.251 e. The first-order valence-corrected chi connectivity index (χ1v) is 9.30. The summed E-state index contributed by atoms with van der Waals surface area (Å²) >= 11 is 0. The van der Waals surface area contributed by atoms with Gasteiger partial charge in [0.05, 0.1) is 12.1 Å². The molecule has 0 aliphatic heterocycles. The van der Waals surface area contributed by atoms with Gasteiger partial charge in [-0.15, -0.1) is 0 Å². The predicted molar refractivity (Wildman–Crippen MR) is 106 cm³/mol. The smallest absolute Gasteiger partial charge is 0.251 e. The number of hydrogen-bond acceptors (Lipinski definition) is 5. The van der Waals surface area contributed by atoms with Crippen LogP contribution in [0.15, 0.2) is 24.3 Å². The first-order chi connectivity index (χ1) is 12.1. The summed E-state index contributed by atoms with van der Waals surface area (Å²) in [5, 5.41) is 15.2. The van der Waals surface area contributed by atoms with Crippen LogP contribution in [0.4, 0.5) is 0 Å². The monoisotopic (exact) mass is 364 g/mol. The van der Waals surface area contributed by atoms with Crippen LogP contribution in [0.25, 0.3) is 0 Å². The van der Waals surface area contributed by atoms with E-state index in [-0.39, 0.29) is 30.0 Å². The summed E-state index contributed by atoms with van der Waals surface area (Å²) in [6.45, 7) is 10.8. The number of amides is 1. The molecule has 6 heteroatoms. The van der Waals surface area contributed by atoms with Gasteiger partial charge in [-0.2, -0.15) is 0 Å². The minimum absolute atomic E-state index is 0.121. The first kappa shape index (κ1) is 22.6. The molecule has 1 amide bonds. The van der Waals surface area contributed by atoms with Crippen molar-refractivity contribution >= 4 is 5.91 Å². The molecule has 0 saturated heterocycles. The van der Waals surface area contributed by atoms with Crippen LogP contribution in [-0.4, -0.2) is 47.8 Å². The van der Waals surface area contributed by atoms with Crippen LogP contribution in [0.2, 0.25) is 0 Å². The zero-order valence-electron chi connectivity index (χ0n) is 17.0. The molecule has 0 heterocycles. The molecule has 0 aromatic heterocycles. The molecule has 0 aliphatic rings. The molecule has 0 fully saturated rings. The summed E-state index contributed by atoms with van der Waals surface area (Å²) in [4.78, 5) is 12.8. The molecule has 3 atom stereocenters. The van der Waals surface area contributed by atoms with Gasteiger partial charge in [-0.25, -0.2) is 5.01 Å². The standard InChI is InChI=1S/C20H36N4O2/c1-7-16(21)17(25)13-24(12-15-10-8-14(2)9-11-15)23-19(26)18(22-6)20(3,4)5/h8-11,16-18,22,25H,7,12-13,21H2,1-6H3,(H,23,26). The Morgan fingerprint density at radius 3 is 2.31 bits per heavy atom. The van der Waals surface area contributed by atoms with E-state index in [0.29, 0.717) is 13.0 Å². The third kappa shape index (κ3) is 7.03. The quantitative estimate of drug-likeness (QED) is 0.499. The average molecular weight is 365 g/mol. The van der Waals surface area contributed by atoms with Gasteiger partial charge in [-0.3, -0.25) is 10.2 Å². The second-order valence-corrected chi connectivity index (χ2v) is 8.07. The van der Waals surface area contributed by atoms with Crippen LogP contribution in [0.1, 0.15) is 45.2 Å². The molecule has 1 aromatic carbocycles. The third-order valence-electron chi connectivity index (χ3n) is 4.55. The molecule has 6 nitrogen and oxygen atoms in total. The highest BCUT2D eigenvalue weighted by molar-refractivity contribution is 5.82. The maximum atomic E-state index is 12.8. The fraction of sp³-hybridized carbons (Fsp3) is 0.650. The van der Waals surface area contributed by atoms with Crippen molar-refractivity contribution in [3.05, 3.63) is 35.4 Å². The lowest BCUT2D eigenvalue weighted by molar-refractivity contribution is -0.131. The lowest BCUT2D eigenvalue weighted by Crippen LogP contribution is -2.57. The second kappa shape index (κ2) is 10.0. The average Bonchev–Trinajstić information content (AvgIpc) is 2.55. The molecular formula is C20H36N4O2. The first-order valence-electron chi connectivity index (χ1n) is 9.30. The Balaban J connectivity index is 2.91. The van der Waals surface area contributed by atoms with Gasteiger partial charge < -0.3 is 16.2 Å². The van der Waals surface area contributed by atoms with E-state index in [2.05, 4.69) is 10.7 Å². The van der Waals surface area contributed by atoms with Gasteiger partial charge in [0, 0.05) is 19.1 Å². The van der Waals surface area contributed by atoms with Crippen molar-refractivity contribution in [1.29, 1.82) is 0 Å². The number of likely N-dealkylation sites (N-methyl/N-ethyl adjacent to an activating group) is 1. The van der Waals surface area contributed by atoms with E-state index in [1.165, 1.54) is 5.56 Å². The Morgan fingerprint density at radius 2 is 1.85 bits per heavy atom. The molecule has 0 aliphatic carbocycles. The number of hydrazine groups is 1. The minimum atomic E-state index is -0.714. The number of aliphatic hydroxyl groups excluding tert-OH is 1. The Bertz CT molecular complexity index is 554. The molecule has 1 aromatic rings. The number of benzene rings is 1. The SMILES string of the molecule is CCC(N)C(O)CN(Cc1ccc(C)cc1)NC(=O)C(NC)C(C)(C)C. The molecule has 0 saturated carbocycles. The predicted octanol–water partition coefficient (Wildman–Crippen LogP) is 1.56. The van der Waals surface area contributed by atoms with Gasteiger partial charge in [-0.05, 0) is 31.4 Å². The van der Waals surface area contributed by atoms with Crippen molar-refractivity contribution in [2.75, 3.05) is 13.6 Å². The van der Waals surface area contributed by atoms with E-state index in [1.807, 2.05) is 58.9 Å². The van der Waals surface area contributed by atoms with Gasteiger partial charge in [-0.1, -0.05) is 57.5 Å². The molecule has 0 radical (unpaired) electrons. The molecule has 0 bridgehead atoms. The number of carbonyl (C=O) groups is 1. The fourth-order valence-corrected chi connectivity index (χ4v) is 2.87. The molecule has 0 spiro atoms. The van der Waals surface area contributed by atoms with Gasteiger partial charge >= 0.3 is 0 Å². The van der Waals surface area contributed by atoms with Crippen molar-refractivity contribution in [2.45, 2.75) is 65.8 Å². The van der Waals surface area contributed by atoms with Crippen LogP contribution >= 0.6 is 0 Å². The van der Waals surface area contributed by atoms with Crippen molar-refractivity contribution in [3.8, 4) is 0 Å². The highest BCUT2D eigenvalue weighted by atomic mass is 16.3. The lowest BCUT2D eigenvalue weighted by atomic mass is 9.86. The molecule has 148 valence electrons. The number of aliphatic hydroxyl groups is 1. The molecule has 5 N–H and O–H groups in total. The number of rotatable bonds is 9. The number of nitrogens with zero attached hydrogens (tertiary/aromatic N) is 1. The van der Waals surface area contributed by atoms with Gasteiger partial charge in [0.1, 0.15) is 0 Å². The number of hydrogen-bond donors (Lipinski definition) is 4. The Morgan fingerprint density at radius 1 is 1.27 bits per heavy atom.